The second kappa shape index (κ2) is 16.1. The monoisotopic (exact) mass is 904 g/mol. The molecule has 1 fully saturated rings. The van der Waals surface area contributed by atoms with Crippen LogP contribution in [0.25, 0.3) is 33.4 Å². The summed E-state index contributed by atoms with van der Waals surface area (Å²) in [5.41, 5.74) is 25.0. The number of rotatable bonds is 8. The molecule has 9 aromatic rings. The first-order chi connectivity index (χ1) is 34.1. The Hall–Kier alpha value is -7.42. The molecule has 70 heavy (non-hydrogen) atoms. The molecular weight excluding hydrogens is 845 g/mol. The Labute approximate surface area is 414 Å². The van der Waals surface area contributed by atoms with Crippen molar-refractivity contribution in [3.8, 4) is 33.4 Å². The fraction of sp³-hybridized carbons (Fsp3) is 0.206. The van der Waals surface area contributed by atoms with Crippen LogP contribution in [0.4, 0.5) is 34.1 Å². The lowest BCUT2D eigenvalue weighted by atomic mass is 9.68. The summed E-state index contributed by atoms with van der Waals surface area (Å²) < 4.78 is 0. The maximum Gasteiger partial charge on any atom is 0.0505 e. The van der Waals surface area contributed by atoms with Gasteiger partial charge in [0.05, 0.1) is 11.4 Å². The Balaban J connectivity index is 1.02. The summed E-state index contributed by atoms with van der Waals surface area (Å²) >= 11 is 0. The van der Waals surface area contributed by atoms with Crippen molar-refractivity contribution < 1.29 is 0 Å². The molecule has 0 heterocycles. The van der Waals surface area contributed by atoms with Crippen LogP contribution in [-0.4, -0.2) is 0 Å². The smallest absolute Gasteiger partial charge is 0.0505 e. The third-order valence-corrected chi connectivity index (χ3v) is 16.9. The van der Waals surface area contributed by atoms with E-state index in [4.69, 9.17) is 0 Å². The van der Waals surface area contributed by atoms with Gasteiger partial charge in [0.2, 0.25) is 0 Å². The molecular formula is C68H60N2. The first-order valence-electron chi connectivity index (χ1n) is 25.6. The number of anilines is 6. The Morgan fingerprint density at radius 3 is 1.46 bits per heavy atom. The van der Waals surface area contributed by atoms with Gasteiger partial charge < -0.3 is 9.80 Å². The molecule has 0 bridgehead atoms. The average molecular weight is 905 g/mol. The normalized spacial score (nSPS) is 18.9. The lowest BCUT2D eigenvalue weighted by Gasteiger charge is -2.40. The average Bonchev–Trinajstić information content (AvgIpc) is 4.09. The van der Waals surface area contributed by atoms with Crippen molar-refractivity contribution in [2.24, 2.45) is 11.8 Å². The Morgan fingerprint density at radius 2 is 0.900 bits per heavy atom. The minimum absolute atomic E-state index is 0.115. The van der Waals surface area contributed by atoms with Crippen LogP contribution in [0.5, 0.6) is 0 Å². The third-order valence-electron chi connectivity index (χ3n) is 16.9. The first-order valence-corrected chi connectivity index (χ1v) is 25.6. The third kappa shape index (κ3) is 6.45. The quantitative estimate of drug-likeness (QED) is 0.150. The largest absolute Gasteiger partial charge is 0.310 e. The highest BCUT2D eigenvalue weighted by Crippen LogP contribution is 2.69. The molecule has 342 valence electrons. The second-order valence-electron chi connectivity index (χ2n) is 22.0. The van der Waals surface area contributed by atoms with Gasteiger partial charge in [-0.2, -0.15) is 0 Å². The zero-order chi connectivity index (χ0) is 47.4. The lowest BCUT2D eigenvalue weighted by molar-refractivity contribution is 0.350. The van der Waals surface area contributed by atoms with Crippen LogP contribution in [0.3, 0.4) is 0 Å². The topological polar surface area (TPSA) is 6.48 Å². The minimum atomic E-state index is -0.179. The molecule has 4 aliphatic rings. The van der Waals surface area contributed by atoms with Gasteiger partial charge in [0, 0.05) is 33.6 Å². The Kier molecular flexibility index (Phi) is 9.80. The van der Waals surface area contributed by atoms with E-state index in [1.165, 1.54) is 119 Å². The van der Waals surface area contributed by atoms with Gasteiger partial charge in [-0.25, -0.2) is 0 Å². The van der Waals surface area contributed by atoms with Crippen LogP contribution in [0.2, 0.25) is 0 Å². The van der Waals surface area contributed by atoms with Crippen LogP contribution in [0, 0.1) is 11.8 Å². The number of para-hydroxylation sites is 2. The first kappa shape index (κ1) is 42.7. The fourth-order valence-corrected chi connectivity index (χ4v) is 13.8. The van der Waals surface area contributed by atoms with Crippen molar-refractivity contribution in [3.05, 3.63) is 251 Å². The van der Waals surface area contributed by atoms with Crippen LogP contribution in [0.15, 0.2) is 212 Å². The predicted molar refractivity (Wildman–Crippen MR) is 294 cm³/mol. The highest BCUT2D eigenvalue weighted by atomic mass is 15.2. The van der Waals surface area contributed by atoms with Gasteiger partial charge in [0.15, 0.2) is 0 Å². The summed E-state index contributed by atoms with van der Waals surface area (Å²) in [5, 5.41) is 0. The molecule has 0 radical (unpaired) electrons. The maximum atomic E-state index is 2.64. The van der Waals surface area contributed by atoms with Gasteiger partial charge in [-0.15, -0.1) is 0 Å². The Bertz CT molecular complexity index is 3430. The van der Waals surface area contributed by atoms with Crippen molar-refractivity contribution in [2.75, 3.05) is 9.80 Å². The molecule has 2 heteroatoms. The zero-order valence-corrected chi connectivity index (χ0v) is 41.1. The molecule has 1 saturated carbocycles. The molecule has 4 aliphatic carbocycles. The summed E-state index contributed by atoms with van der Waals surface area (Å²) in [7, 11) is 0. The molecule has 0 N–H and O–H groups in total. The van der Waals surface area contributed by atoms with E-state index in [1.807, 2.05) is 0 Å². The standard InChI is InChI=1S/C68H60N2/c1-66(2,3)50-35-31-45(32-36-50)46-33-39-55(40-34-46)69(53-23-11-7-12-24-53)61-29-17-21-48-41-51-37-38-52-42-49-22-18-30-62(65(49)68(51,52)64(48)61)70(54-25-13-8-14-26-54)56-43-58(47-19-9-6-10-20-47)63-57-27-15-16-28-59(57)67(4,5)60(63)44-56/h6-36,39-40,43-44,51-52H,37-38,41-42H2,1-5H3. The molecule has 9 aromatic carbocycles. The van der Waals surface area contributed by atoms with E-state index in [9.17, 15) is 0 Å². The number of fused-ring (bicyclic) bond motifs is 5. The van der Waals surface area contributed by atoms with E-state index in [-0.39, 0.29) is 16.2 Å². The minimum Gasteiger partial charge on any atom is -0.310 e. The number of benzene rings is 9. The second-order valence-corrected chi connectivity index (χ2v) is 22.0. The number of hydrogen-bond donors (Lipinski definition) is 0. The highest BCUT2D eigenvalue weighted by molar-refractivity contribution is 5.97. The van der Waals surface area contributed by atoms with Crippen molar-refractivity contribution >= 4 is 34.1 Å². The summed E-state index contributed by atoms with van der Waals surface area (Å²) in [5.74, 6) is 0.996. The van der Waals surface area contributed by atoms with Crippen LogP contribution >= 0.6 is 0 Å². The summed E-state index contributed by atoms with van der Waals surface area (Å²) in [6.07, 6.45) is 4.64. The Morgan fingerprint density at radius 1 is 0.414 bits per heavy atom. The molecule has 3 atom stereocenters. The van der Waals surface area contributed by atoms with Crippen molar-refractivity contribution in [1.82, 2.24) is 0 Å². The molecule has 0 amide bonds. The van der Waals surface area contributed by atoms with E-state index in [1.54, 1.807) is 0 Å². The summed E-state index contributed by atoms with van der Waals surface area (Å²) in [6.45, 7) is 11.7. The predicted octanol–water partition coefficient (Wildman–Crippen LogP) is 18.0. The van der Waals surface area contributed by atoms with Crippen LogP contribution in [0.1, 0.15) is 86.4 Å². The van der Waals surface area contributed by atoms with Gasteiger partial charge in [-0.1, -0.05) is 186 Å². The van der Waals surface area contributed by atoms with Crippen molar-refractivity contribution in [1.29, 1.82) is 0 Å². The van der Waals surface area contributed by atoms with Gasteiger partial charge >= 0.3 is 0 Å². The van der Waals surface area contributed by atoms with Gasteiger partial charge in [0.1, 0.15) is 0 Å². The number of nitrogens with zero attached hydrogens (tertiary/aromatic N) is 2. The maximum absolute atomic E-state index is 2.64. The molecule has 0 aromatic heterocycles. The van der Waals surface area contributed by atoms with Gasteiger partial charge in [0.25, 0.3) is 0 Å². The molecule has 0 saturated heterocycles. The zero-order valence-electron chi connectivity index (χ0n) is 41.1. The van der Waals surface area contributed by atoms with Crippen LogP contribution in [-0.2, 0) is 29.1 Å². The molecule has 2 nitrogen and oxygen atoms in total. The summed E-state index contributed by atoms with van der Waals surface area (Å²) in [6, 6.07) is 80.5. The molecule has 13 rings (SSSR count). The van der Waals surface area contributed by atoms with Gasteiger partial charge in [-0.3, -0.25) is 0 Å². The SMILES string of the molecule is CC(C)(C)c1ccc(-c2ccc(N(c3ccccc3)c3cccc4c3C35c6c(cccc6N(c6ccccc6)c6cc(-c7ccccc7)c7c(c6)C(C)(C)c6ccccc6-7)CC3CCC5C4)cc2)cc1. The van der Waals surface area contributed by atoms with E-state index in [2.05, 4.69) is 257 Å². The van der Waals surface area contributed by atoms with E-state index >= 15 is 0 Å². The summed E-state index contributed by atoms with van der Waals surface area (Å²) in [4.78, 5) is 5.21. The van der Waals surface area contributed by atoms with E-state index in [0.717, 1.165) is 12.8 Å². The van der Waals surface area contributed by atoms with Gasteiger partial charge in [-0.05, 0) is 176 Å². The van der Waals surface area contributed by atoms with E-state index in [0.29, 0.717) is 11.8 Å². The number of hydrogen-bond acceptors (Lipinski definition) is 2. The van der Waals surface area contributed by atoms with Crippen molar-refractivity contribution in [3.63, 3.8) is 0 Å². The fourth-order valence-electron chi connectivity index (χ4n) is 13.8. The van der Waals surface area contributed by atoms with Crippen molar-refractivity contribution in [2.45, 2.75) is 76.5 Å². The lowest BCUT2D eigenvalue weighted by Crippen LogP contribution is -2.34. The highest BCUT2D eigenvalue weighted by Gasteiger charge is 2.62. The van der Waals surface area contributed by atoms with E-state index < -0.39 is 0 Å². The van der Waals surface area contributed by atoms with Crippen LogP contribution < -0.4 is 9.80 Å². The molecule has 1 spiro atoms. The molecule has 0 aliphatic heterocycles. The molecule has 3 unspecified atom stereocenters.